The Balaban J connectivity index is 1.65. The van der Waals surface area contributed by atoms with Gasteiger partial charge in [-0.25, -0.2) is 13.2 Å². The highest BCUT2D eigenvalue weighted by molar-refractivity contribution is 7.92. The first-order chi connectivity index (χ1) is 17.6. The molecule has 0 bridgehead atoms. The molecule has 0 saturated carbocycles. The molecule has 2 aromatic carbocycles. The maximum Gasteiger partial charge on any atom is 0.341 e. The van der Waals surface area contributed by atoms with Crippen LogP contribution in [0, 0.1) is 10.1 Å². The van der Waals surface area contributed by atoms with E-state index in [9.17, 15) is 28.1 Å². The summed E-state index contributed by atoms with van der Waals surface area (Å²) in [5.41, 5.74) is 0.598. The van der Waals surface area contributed by atoms with Gasteiger partial charge in [0, 0.05) is 10.9 Å². The summed E-state index contributed by atoms with van der Waals surface area (Å²) in [5.74, 6) is -1.15. The average Bonchev–Trinajstić information content (AvgIpc) is 3.22. The van der Waals surface area contributed by atoms with E-state index >= 15 is 0 Å². The van der Waals surface area contributed by atoms with Gasteiger partial charge in [0.05, 0.1) is 33.2 Å². The van der Waals surface area contributed by atoms with Gasteiger partial charge in [0.15, 0.2) is 0 Å². The molecule has 1 aliphatic carbocycles. The second kappa shape index (κ2) is 10.9. The van der Waals surface area contributed by atoms with Crippen molar-refractivity contribution in [1.82, 2.24) is 0 Å². The molecule has 0 aliphatic heterocycles. The van der Waals surface area contributed by atoms with E-state index in [1.165, 1.54) is 29.5 Å². The fraction of sp³-hybridized carbons (Fsp3) is 0.250. The van der Waals surface area contributed by atoms with E-state index in [0.717, 1.165) is 47.9 Å². The summed E-state index contributed by atoms with van der Waals surface area (Å²) >= 11 is 7.11. The zero-order chi connectivity index (χ0) is 26.7. The number of nitro groups is 1. The van der Waals surface area contributed by atoms with E-state index in [-0.39, 0.29) is 22.9 Å². The molecule has 13 heteroatoms. The van der Waals surface area contributed by atoms with Crippen molar-refractivity contribution in [3.8, 4) is 0 Å². The Morgan fingerprint density at radius 2 is 1.89 bits per heavy atom. The number of fused-ring (bicyclic) bond motifs is 1. The lowest BCUT2D eigenvalue weighted by atomic mass is 9.95. The highest BCUT2D eigenvalue weighted by Crippen LogP contribution is 2.39. The second-order valence-electron chi connectivity index (χ2n) is 8.11. The van der Waals surface area contributed by atoms with Gasteiger partial charge >= 0.3 is 5.97 Å². The minimum atomic E-state index is -4.31. The van der Waals surface area contributed by atoms with Crippen LogP contribution in [0.5, 0.6) is 0 Å². The van der Waals surface area contributed by atoms with Gasteiger partial charge in [-0.15, -0.1) is 11.3 Å². The Kier molecular flexibility index (Phi) is 7.81. The summed E-state index contributed by atoms with van der Waals surface area (Å²) in [4.78, 5) is 37.0. The molecule has 1 amide bonds. The van der Waals surface area contributed by atoms with Crippen LogP contribution in [-0.4, -0.2) is 31.8 Å². The number of para-hydroxylation sites is 1. The SMILES string of the molecule is CCOC(=O)c1c(NC(=O)c2ccccc2NS(=O)(=O)c2ccc(Cl)c([N+](=O)[O-])c2)sc2c1CCCC2. The number of carbonyl (C=O) groups is 2. The van der Waals surface area contributed by atoms with Crippen LogP contribution in [0.2, 0.25) is 5.02 Å². The number of carbonyl (C=O) groups excluding carboxylic acids is 2. The van der Waals surface area contributed by atoms with Crippen LogP contribution >= 0.6 is 22.9 Å². The molecule has 0 atom stereocenters. The third-order valence-corrected chi connectivity index (χ3v) is 8.61. The lowest BCUT2D eigenvalue weighted by Crippen LogP contribution is -2.19. The third kappa shape index (κ3) is 5.60. The molecule has 1 heterocycles. The van der Waals surface area contributed by atoms with Gasteiger partial charge in [0.2, 0.25) is 0 Å². The number of nitrogens with one attached hydrogen (secondary N) is 2. The first kappa shape index (κ1) is 26.6. The van der Waals surface area contributed by atoms with Crippen LogP contribution in [0.3, 0.4) is 0 Å². The molecule has 3 aromatic rings. The van der Waals surface area contributed by atoms with E-state index in [0.29, 0.717) is 17.0 Å². The number of aryl methyl sites for hydroxylation is 1. The van der Waals surface area contributed by atoms with Crippen LogP contribution in [0.25, 0.3) is 0 Å². The number of amides is 1. The molecule has 4 rings (SSSR count). The van der Waals surface area contributed by atoms with Gasteiger partial charge in [-0.1, -0.05) is 23.7 Å². The number of halogens is 1. The van der Waals surface area contributed by atoms with Gasteiger partial charge in [-0.2, -0.15) is 0 Å². The molecule has 37 heavy (non-hydrogen) atoms. The molecule has 0 spiro atoms. The third-order valence-electron chi connectivity index (χ3n) is 5.72. The Morgan fingerprint density at radius 3 is 2.62 bits per heavy atom. The van der Waals surface area contributed by atoms with Gasteiger partial charge in [-0.3, -0.25) is 19.6 Å². The fourth-order valence-electron chi connectivity index (χ4n) is 4.02. The van der Waals surface area contributed by atoms with Crippen molar-refractivity contribution in [3.63, 3.8) is 0 Å². The Bertz CT molecular complexity index is 1500. The van der Waals surface area contributed by atoms with Crippen molar-refractivity contribution < 1.29 is 27.7 Å². The number of esters is 1. The van der Waals surface area contributed by atoms with E-state index in [2.05, 4.69) is 10.0 Å². The molecule has 0 unspecified atom stereocenters. The van der Waals surface area contributed by atoms with E-state index in [4.69, 9.17) is 16.3 Å². The Hall–Kier alpha value is -3.48. The number of anilines is 2. The normalized spacial score (nSPS) is 12.9. The minimum absolute atomic E-state index is 0.00396. The number of hydrogen-bond acceptors (Lipinski definition) is 8. The molecule has 0 radical (unpaired) electrons. The number of ether oxygens (including phenoxy) is 1. The summed E-state index contributed by atoms with van der Waals surface area (Å²) in [5, 5.41) is 14.1. The predicted octanol–water partition coefficient (Wildman–Crippen LogP) is 5.42. The molecule has 10 nitrogen and oxygen atoms in total. The maximum atomic E-state index is 13.3. The predicted molar refractivity (Wildman–Crippen MR) is 140 cm³/mol. The number of sulfonamides is 1. The van der Waals surface area contributed by atoms with Gasteiger partial charge < -0.3 is 10.1 Å². The zero-order valence-corrected chi connectivity index (χ0v) is 22.0. The standard InChI is InChI=1S/C24H22ClN3O7S2/c1-2-35-24(30)21-16-8-4-6-10-20(16)36-23(21)26-22(29)15-7-3-5-9-18(15)27-37(33,34)14-11-12-17(25)19(13-14)28(31)32/h3,5,7,9,11-13,27H,2,4,6,8,10H2,1H3,(H,26,29). The molecule has 0 saturated heterocycles. The topological polar surface area (TPSA) is 145 Å². The quantitative estimate of drug-likeness (QED) is 0.211. The van der Waals surface area contributed by atoms with Crippen molar-refractivity contribution in [1.29, 1.82) is 0 Å². The van der Waals surface area contributed by atoms with E-state index in [1.54, 1.807) is 13.0 Å². The zero-order valence-electron chi connectivity index (χ0n) is 19.6. The van der Waals surface area contributed by atoms with Crippen molar-refractivity contribution in [2.24, 2.45) is 0 Å². The van der Waals surface area contributed by atoms with E-state index in [1.807, 2.05) is 0 Å². The number of nitrogens with zero attached hydrogens (tertiary/aromatic N) is 1. The van der Waals surface area contributed by atoms with Crippen molar-refractivity contribution >= 4 is 61.2 Å². The van der Waals surface area contributed by atoms with Crippen molar-refractivity contribution in [3.05, 3.63) is 79.2 Å². The number of rotatable bonds is 8. The number of hydrogen-bond donors (Lipinski definition) is 2. The van der Waals surface area contributed by atoms with Gasteiger partial charge in [0.25, 0.3) is 21.6 Å². The molecule has 194 valence electrons. The number of benzene rings is 2. The summed E-state index contributed by atoms with van der Waals surface area (Å²) in [6.07, 6.45) is 3.42. The summed E-state index contributed by atoms with van der Waals surface area (Å²) in [6, 6.07) is 9.00. The molecular weight excluding hydrogens is 542 g/mol. The van der Waals surface area contributed by atoms with Crippen LogP contribution in [0.1, 0.15) is 50.9 Å². The lowest BCUT2D eigenvalue weighted by Gasteiger charge is -2.14. The van der Waals surface area contributed by atoms with Gasteiger partial charge in [0.1, 0.15) is 10.0 Å². The maximum absolute atomic E-state index is 13.3. The Morgan fingerprint density at radius 1 is 1.16 bits per heavy atom. The summed E-state index contributed by atoms with van der Waals surface area (Å²) < 4.78 is 33.5. The average molecular weight is 564 g/mol. The minimum Gasteiger partial charge on any atom is -0.462 e. The largest absolute Gasteiger partial charge is 0.462 e. The number of thiophene rings is 1. The monoisotopic (exact) mass is 563 g/mol. The first-order valence-electron chi connectivity index (χ1n) is 11.3. The lowest BCUT2D eigenvalue weighted by molar-refractivity contribution is -0.384. The van der Waals surface area contributed by atoms with E-state index < -0.39 is 37.4 Å². The van der Waals surface area contributed by atoms with Crippen molar-refractivity contribution in [2.45, 2.75) is 37.5 Å². The summed E-state index contributed by atoms with van der Waals surface area (Å²) in [7, 11) is -4.31. The molecule has 1 aliphatic rings. The highest BCUT2D eigenvalue weighted by atomic mass is 35.5. The number of nitro benzene ring substituents is 1. The van der Waals surface area contributed by atoms with Crippen molar-refractivity contribution in [2.75, 3.05) is 16.6 Å². The van der Waals surface area contributed by atoms with Crippen LogP contribution in [0.15, 0.2) is 47.4 Å². The van der Waals surface area contributed by atoms with Gasteiger partial charge in [-0.05, 0) is 62.4 Å². The van der Waals surface area contributed by atoms with Crippen LogP contribution < -0.4 is 10.0 Å². The van der Waals surface area contributed by atoms with Crippen LogP contribution in [-0.2, 0) is 27.6 Å². The summed E-state index contributed by atoms with van der Waals surface area (Å²) in [6.45, 7) is 1.89. The first-order valence-corrected chi connectivity index (χ1v) is 14.0. The Labute approximate surface area is 221 Å². The molecular formula is C24H22ClN3O7S2. The molecule has 2 N–H and O–H groups in total. The molecule has 0 fully saturated rings. The second-order valence-corrected chi connectivity index (χ2v) is 11.3. The molecule has 1 aromatic heterocycles. The fourth-order valence-corrected chi connectivity index (χ4v) is 6.58. The highest BCUT2D eigenvalue weighted by Gasteiger charge is 2.28. The van der Waals surface area contributed by atoms with Crippen LogP contribution in [0.4, 0.5) is 16.4 Å². The smallest absolute Gasteiger partial charge is 0.341 e.